The van der Waals surface area contributed by atoms with Crippen molar-refractivity contribution in [2.75, 3.05) is 0 Å². The molecule has 0 aliphatic carbocycles. The van der Waals surface area contributed by atoms with Gasteiger partial charge in [0, 0.05) is 11.6 Å². The third-order valence-electron chi connectivity index (χ3n) is 2.03. The number of carboxylic acid groups (broad SMARTS) is 1. The van der Waals surface area contributed by atoms with Crippen molar-refractivity contribution in [1.82, 2.24) is 9.97 Å². The van der Waals surface area contributed by atoms with E-state index in [1.165, 1.54) is 12.3 Å². The normalized spacial score (nSPS) is 11.9. The van der Waals surface area contributed by atoms with Crippen LogP contribution in [0.15, 0.2) is 18.3 Å². The van der Waals surface area contributed by atoms with Crippen LogP contribution in [0.4, 0.5) is 13.2 Å². The number of nitrogens with one attached hydrogen (secondary N) is 1. The highest BCUT2D eigenvalue weighted by Crippen LogP contribution is 2.30. The fourth-order valence-electron chi connectivity index (χ4n) is 1.36. The number of carbonyl (C=O) groups is 1. The van der Waals surface area contributed by atoms with Crippen LogP contribution in [0.25, 0.3) is 10.9 Å². The lowest BCUT2D eigenvalue weighted by Gasteiger charge is -2.07. The highest BCUT2D eigenvalue weighted by atomic mass is 19.4. The lowest BCUT2D eigenvalue weighted by atomic mass is 10.2. The van der Waals surface area contributed by atoms with Crippen molar-refractivity contribution in [3.63, 3.8) is 0 Å². The largest absolute Gasteiger partial charge is 0.476 e. The van der Waals surface area contributed by atoms with Crippen molar-refractivity contribution in [1.29, 1.82) is 0 Å². The minimum atomic E-state index is -4.66. The predicted molar refractivity (Wildman–Crippen MR) is 48.1 cm³/mol. The third-order valence-corrected chi connectivity index (χ3v) is 2.03. The Kier molecular flexibility index (Phi) is 2.11. The van der Waals surface area contributed by atoms with Crippen LogP contribution in [0.5, 0.6) is 0 Å². The number of aromatic amines is 1. The molecule has 0 radical (unpaired) electrons. The molecule has 0 amide bonds. The van der Waals surface area contributed by atoms with E-state index >= 15 is 0 Å². The molecule has 84 valence electrons. The molecule has 0 aliphatic heterocycles. The summed E-state index contributed by atoms with van der Waals surface area (Å²) in [5.74, 6) is -1.50. The van der Waals surface area contributed by atoms with E-state index in [1.807, 2.05) is 0 Å². The third kappa shape index (κ3) is 1.60. The zero-order chi connectivity index (χ0) is 11.9. The summed E-state index contributed by atoms with van der Waals surface area (Å²) in [5, 5.41) is 8.91. The summed E-state index contributed by atoms with van der Waals surface area (Å²) in [6, 6.07) is 2.16. The summed E-state index contributed by atoms with van der Waals surface area (Å²) in [7, 11) is 0. The molecule has 0 saturated heterocycles. The van der Waals surface area contributed by atoms with Gasteiger partial charge in [0.25, 0.3) is 0 Å². The summed E-state index contributed by atoms with van der Waals surface area (Å²) >= 11 is 0. The molecule has 16 heavy (non-hydrogen) atoms. The van der Waals surface area contributed by atoms with Crippen molar-refractivity contribution < 1.29 is 23.1 Å². The van der Waals surface area contributed by atoms with Gasteiger partial charge >= 0.3 is 12.1 Å². The SMILES string of the molecule is O=C(O)c1nc(C(F)(F)F)cc2cc[nH]c12. The molecular formula is C9H5F3N2O2. The first-order valence-corrected chi connectivity index (χ1v) is 4.18. The first kappa shape index (κ1) is 10.5. The van der Waals surface area contributed by atoms with Gasteiger partial charge in [-0.2, -0.15) is 13.2 Å². The molecule has 2 aromatic heterocycles. The second-order valence-corrected chi connectivity index (χ2v) is 3.10. The van der Waals surface area contributed by atoms with Crippen LogP contribution in [-0.4, -0.2) is 21.0 Å². The van der Waals surface area contributed by atoms with E-state index in [1.54, 1.807) is 0 Å². The Bertz CT molecular complexity index is 559. The maximum Gasteiger partial charge on any atom is 0.433 e. The molecule has 2 N–H and O–H groups in total. The van der Waals surface area contributed by atoms with Gasteiger partial charge in [0.1, 0.15) is 5.69 Å². The van der Waals surface area contributed by atoms with Crippen molar-refractivity contribution in [2.24, 2.45) is 0 Å². The Labute approximate surface area is 86.7 Å². The maximum absolute atomic E-state index is 12.4. The lowest BCUT2D eigenvalue weighted by molar-refractivity contribution is -0.141. The van der Waals surface area contributed by atoms with Crippen LogP contribution in [0.3, 0.4) is 0 Å². The van der Waals surface area contributed by atoms with E-state index in [4.69, 9.17) is 5.11 Å². The first-order chi connectivity index (χ1) is 7.39. The number of fused-ring (bicyclic) bond motifs is 1. The molecule has 7 heteroatoms. The van der Waals surface area contributed by atoms with E-state index in [0.717, 1.165) is 6.07 Å². The van der Waals surface area contributed by atoms with Crippen molar-refractivity contribution in [2.45, 2.75) is 6.18 Å². The van der Waals surface area contributed by atoms with Crippen LogP contribution in [0.2, 0.25) is 0 Å². The van der Waals surface area contributed by atoms with Crippen LogP contribution in [-0.2, 0) is 6.18 Å². The molecule has 2 heterocycles. The lowest BCUT2D eigenvalue weighted by Crippen LogP contribution is -2.12. The van der Waals surface area contributed by atoms with Gasteiger partial charge in [-0.25, -0.2) is 9.78 Å². The van der Waals surface area contributed by atoms with Gasteiger partial charge < -0.3 is 10.1 Å². The molecule has 2 aromatic rings. The summed E-state index contributed by atoms with van der Waals surface area (Å²) in [6.07, 6.45) is -3.30. The fraction of sp³-hybridized carbons (Fsp3) is 0.111. The molecule has 4 nitrogen and oxygen atoms in total. The topological polar surface area (TPSA) is 66.0 Å². The second kappa shape index (κ2) is 3.22. The molecular weight excluding hydrogens is 225 g/mol. The number of alkyl halides is 3. The molecule has 0 aliphatic rings. The van der Waals surface area contributed by atoms with Crippen molar-refractivity contribution in [3.8, 4) is 0 Å². The summed E-state index contributed by atoms with van der Waals surface area (Å²) < 4.78 is 37.2. The number of halogens is 3. The first-order valence-electron chi connectivity index (χ1n) is 4.18. The minimum absolute atomic E-state index is 0.0838. The van der Waals surface area contributed by atoms with Gasteiger partial charge in [0.2, 0.25) is 0 Å². The number of carboxylic acids is 1. The number of hydrogen-bond acceptors (Lipinski definition) is 2. The number of hydrogen-bond donors (Lipinski definition) is 2. The zero-order valence-corrected chi connectivity index (χ0v) is 7.67. The molecule has 0 fully saturated rings. The molecule has 0 saturated carbocycles. The van der Waals surface area contributed by atoms with E-state index in [2.05, 4.69) is 9.97 Å². The second-order valence-electron chi connectivity index (χ2n) is 3.10. The Balaban J connectivity index is 2.76. The average molecular weight is 230 g/mol. The van der Waals surface area contributed by atoms with E-state index < -0.39 is 23.5 Å². The summed E-state index contributed by atoms with van der Waals surface area (Å²) in [4.78, 5) is 16.4. The quantitative estimate of drug-likeness (QED) is 0.789. The molecule has 0 bridgehead atoms. The van der Waals surface area contributed by atoms with Gasteiger partial charge in [-0.15, -0.1) is 0 Å². The van der Waals surface area contributed by atoms with Crippen LogP contribution >= 0.6 is 0 Å². The summed E-state index contributed by atoms with van der Waals surface area (Å²) in [5.41, 5.74) is -1.76. The molecule has 2 rings (SSSR count). The van der Waals surface area contributed by atoms with Gasteiger partial charge in [-0.3, -0.25) is 0 Å². The zero-order valence-electron chi connectivity index (χ0n) is 7.67. The Morgan fingerprint density at radius 1 is 1.44 bits per heavy atom. The van der Waals surface area contributed by atoms with Crippen molar-refractivity contribution in [3.05, 3.63) is 29.7 Å². The molecule has 0 atom stereocenters. The minimum Gasteiger partial charge on any atom is -0.476 e. The molecule has 0 spiro atoms. The predicted octanol–water partition coefficient (Wildman–Crippen LogP) is 2.28. The number of nitrogens with zero attached hydrogens (tertiary/aromatic N) is 1. The number of pyridine rings is 1. The average Bonchev–Trinajstić information content (AvgIpc) is 2.61. The maximum atomic E-state index is 12.4. The highest BCUT2D eigenvalue weighted by Gasteiger charge is 2.34. The number of aromatic nitrogens is 2. The van der Waals surface area contributed by atoms with E-state index in [0.29, 0.717) is 0 Å². The van der Waals surface area contributed by atoms with Gasteiger partial charge in [-0.05, 0) is 12.1 Å². The van der Waals surface area contributed by atoms with E-state index in [-0.39, 0.29) is 10.9 Å². The summed E-state index contributed by atoms with van der Waals surface area (Å²) in [6.45, 7) is 0. The number of aromatic carboxylic acids is 1. The Morgan fingerprint density at radius 3 is 2.69 bits per heavy atom. The highest BCUT2D eigenvalue weighted by molar-refractivity contribution is 6.00. The van der Waals surface area contributed by atoms with Crippen LogP contribution < -0.4 is 0 Å². The molecule has 0 unspecified atom stereocenters. The van der Waals surface area contributed by atoms with Crippen LogP contribution in [0.1, 0.15) is 16.2 Å². The van der Waals surface area contributed by atoms with E-state index in [9.17, 15) is 18.0 Å². The fourth-order valence-corrected chi connectivity index (χ4v) is 1.36. The monoisotopic (exact) mass is 230 g/mol. The smallest absolute Gasteiger partial charge is 0.433 e. The Morgan fingerprint density at radius 2 is 2.12 bits per heavy atom. The van der Waals surface area contributed by atoms with Gasteiger partial charge in [-0.1, -0.05) is 0 Å². The standard InChI is InChI=1S/C9H5F3N2O2/c10-9(11,12)5-3-4-1-2-13-6(4)7(14-5)8(15)16/h1-3,13H,(H,15,16). The van der Waals surface area contributed by atoms with Gasteiger partial charge in [0.05, 0.1) is 5.52 Å². The van der Waals surface area contributed by atoms with Crippen LogP contribution in [0, 0.1) is 0 Å². The van der Waals surface area contributed by atoms with Crippen molar-refractivity contribution >= 4 is 16.9 Å². The van der Waals surface area contributed by atoms with Gasteiger partial charge in [0.15, 0.2) is 5.69 Å². The Hall–Kier alpha value is -2.05. The number of rotatable bonds is 1. The number of H-pyrrole nitrogens is 1. The molecule has 0 aromatic carbocycles.